The van der Waals surface area contributed by atoms with Crippen molar-refractivity contribution in [1.82, 2.24) is 0 Å². The molecular formula is C16H9Cl2FO4. The molecule has 0 spiro atoms. The van der Waals surface area contributed by atoms with Crippen LogP contribution in [0.4, 0.5) is 4.39 Å². The van der Waals surface area contributed by atoms with Crippen LogP contribution in [0.15, 0.2) is 30.3 Å². The van der Waals surface area contributed by atoms with Crippen LogP contribution in [0, 0.1) is 5.82 Å². The van der Waals surface area contributed by atoms with Crippen LogP contribution in [0.3, 0.4) is 0 Å². The molecule has 1 unspecified atom stereocenters. The van der Waals surface area contributed by atoms with Crippen LogP contribution in [0.2, 0.25) is 10.0 Å². The Kier molecular flexibility index (Phi) is 4.00. The highest BCUT2D eigenvalue weighted by Gasteiger charge is 2.33. The van der Waals surface area contributed by atoms with E-state index in [4.69, 9.17) is 33.0 Å². The normalized spacial score (nSPS) is 15.9. The van der Waals surface area contributed by atoms with Gasteiger partial charge in [-0.2, -0.15) is 0 Å². The summed E-state index contributed by atoms with van der Waals surface area (Å²) in [5, 5.41) is 8.88. The lowest BCUT2D eigenvalue weighted by atomic mass is 9.99. The lowest BCUT2D eigenvalue weighted by Gasteiger charge is -2.10. The van der Waals surface area contributed by atoms with Gasteiger partial charge in [-0.25, -0.2) is 9.18 Å². The zero-order valence-electron chi connectivity index (χ0n) is 11.5. The minimum Gasteiger partial charge on any atom is -0.478 e. The molecule has 0 aliphatic carbocycles. The number of ketones is 1. The fourth-order valence-corrected chi connectivity index (χ4v) is 2.91. The first-order chi connectivity index (χ1) is 10.9. The van der Waals surface area contributed by atoms with Crippen molar-refractivity contribution < 1.29 is 23.8 Å². The second-order valence-corrected chi connectivity index (χ2v) is 5.75. The number of benzene rings is 2. The van der Waals surface area contributed by atoms with Crippen LogP contribution in [0.5, 0.6) is 5.75 Å². The lowest BCUT2D eigenvalue weighted by Crippen LogP contribution is -2.24. The van der Waals surface area contributed by atoms with Crippen LogP contribution in [-0.2, 0) is 11.2 Å². The molecule has 1 N–H and O–H groups in total. The molecule has 2 aromatic rings. The van der Waals surface area contributed by atoms with Gasteiger partial charge in [0.05, 0.1) is 10.6 Å². The van der Waals surface area contributed by atoms with Crippen LogP contribution in [0.25, 0.3) is 0 Å². The van der Waals surface area contributed by atoms with Gasteiger partial charge in [0.15, 0.2) is 11.9 Å². The summed E-state index contributed by atoms with van der Waals surface area (Å²) >= 11 is 12.2. The Balaban J connectivity index is 2.08. The van der Waals surface area contributed by atoms with Gasteiger partial charge < -0.3 is 9.84 Å². The number of carbonyl (C=O) groups excluding carboxylic acids is 1. The number of hydrogen-bond donors (Lipinski definition) is 1. The van der Waals surface area contributed by atoms with Crippen LogP contribution in [0.1, 0.15) is 21.5 Å². The van der Waals surface area contributed by atoms with Crippen molar-refractivity contribution in [2.24, 2.45) is 0 Å². The van der Waals surface area contributed by atoms with E-state index >= 15 is 0 Å². The molecule has 0 radical (unpaired) electrons. The monoisotopic (exact) mass is 354 g/mol. The zero-order valence-corrected chi connectivity index (χ0v) is 13.0. The molecule has 1 aliphatic heterocycles. The minimum absolute atomic E-state index is 0.00940. The number of aliphatic carboxylic acids is 1. The Morgan fingerprint density at radius 1 is 1.17 bits per heavy atom. The molecule has 0 saturated carbocycles. The molecule has 0 bridgehead atoms. The zero-order chi connectivity index (χ0) is 16.7. The summed E-state index contributed by atoms with van der Waals surface area (Å²) in [6, 6.07) is 6.91. The maximum atomic E-state index is 13.8. The van der Waals surface area contributed by atoms with Crippen molar-refractivity contribution in [1.29, 1.82) is 0 Å². The SMILES string of the molecule is O=C(c1ccccc1F)c1cc2c(c(Cl)c1Cl)OC(C(=O)O)C2. The predicted molar refractivity (Wildman–Crippen MR) is 82.1 cm³/mol. The maximum Gasteiger partial charge on any atom is 0.345 e. The van der Waals surface area contributed by atoms with E-state index in [1.54, 1.807) is 0 Å². The minimum atomic E-state index is -1.14. The van der Waals surface area contributed by atoms with Crippen molar-refractivity contribution in [3.63, 3.8) is 0 Å². The Bertz CT molecular complexity index is 835. The van der Waals surface area contributed by atoms with Crippen molar-refractivity contribution in [2.45, 2.75) is 12.5 Å². The first-order valence-corrected chi connectivity index (χ1v) is 7.35. The van der Waals surface area contributed by atoms with E-state index in [1.807, 2.05) is 0 Å². The van der Waals surface area contributed by atoms with E-state index in [0.29, 0.717) is 5.56 Å². The number of fused-ring (bicyclic) bond motifs is 1. The number of rotatable bonds is 3. The standard InChI is InChI=1S/C16H9Cl2FO4/c17-12-9(14(20)8-3-1-2-4-10(8)19)5-7-6-11(16(21)22)23-15(7)13(12)18/h1-5,11H,6H2,(H,21,22). The van der Waals surface area contributed by atoms with Gasteiger partial charge >= 0.3 is 5.97 Å². The summed E-state index contributed by atoms with van der Waals surface area (Å²) in [6.45, 7) is 0. The average molecular weight is 355 g/mol. The Labute approximate surface area is 140 Å². The average Bonchev–Trinajstić information content (AvgIpc) is 2.95. The number of ether oxygens (including phenoxy) is 1. The molecule has 2 aromatic carbocycles. The predicted octanol–water partition coefficient (Wildman–Crippen LogP) is 3.75. The molecule has 118 valence electrons. The molecule has 3 rings (SSSR count). The molecule has 1 heterocycles. The summed E-state index contributed by atoms with van der Waals surface area (Å²) in [7, 11) is 0. The van der Waals surface area contributed by atoms with Crippen molar-refractivity contribution in [3.05, 3.63) is 62.9 Å². The third kappa shape index (κ3) is 2.66. The maximum absolute atomic E-state index is 13.8. The summed E-state index contributed by atoms with van der Waals surface area (Å²) in [4.78, 5) is 23.5. The molecule has 7 heteroatoms. The summed E-state index contributed by atoms with van der Waals surface area (Å²) < 4.78 is 19.0. The Morgan fingerprint density at radius 3 is 2.52 bits per heavy atom. The fourth-order valence-electron chi connectivity index (χ4n) is 2.42. The van der Waals surface area contributed by atoms with E-state index in [0.717, 1.165) is 0 Å². The number of halogens is 3. The molecule has 0 fully saturated rings. The molecule has 0 aromatic heterocycles. The summed E-state index contributed by atoms with van der Waals surface area (Å²) in [5.41, 5.74) is 0.320. The molecular weight excluding hydrogens is 346 g/mol. The lowest BCUT2D eigenvalue weighted by molar-refractivity contribution is -0.144. The van der Waals surface area contributed by atoms with Crippen LogP contribution < -0.4 is 4.74 Å². The van der Waals surface area contributed by atoms with E-state index in [9.17, 15) is 14.0 Å². The van der Waals surface area contributed by atoms with Gasteiger partial charge in [-0.3, -0.25) is 4.79 Å². The van der Waals surface area contributed by atoms with Crippen LogP contribution in [-0.4, -0.2) is 23.0 Å². The Morgan fingerprint density at radius 2 is 1.87 bits per heavy atom. The topological polar surface area (TPSA) is 63.6 Å². The smallest absolute Gasteiger partial charge is 0.345 e. The molecule has 23 heavy (non-hydrogen) atoms. The quantitative estimate of drug-likeness (QED) is 0.852. The van der Waals surface area contributed by atoms with E-state index in [2.05, 4.69) is 0 Å². The number of carbonyl (C=O) groups is 2. The molecule has 1 atom stereocenters. The molecule has 0 amide bonds. The number of carboxylic acid groups (broad SMARTS) is 1. The fraction of sp³-hybridized carbons (Fsp3) is 0.125. The van der Waals surface area contributed by atoms with Crippen LogP contribution >= 0.6 is 23.2 Å². The van der Waals surface area contributed by atoms with Gasteiger partial charge in [0.25, 0.3) is 0 Å². The van der Waals surface area contributed by atoms with Gasteiger partial charge in [0.1, 0.15) is 16.6 Å². The van der Waals surface area contributed by atoms with Crippen molar-refractivity contribution in [2.75, 3.05) is 0 Å². The van der Waals surface area contributed by atoms with Gasteiger partial charge in [-0.1, -0.05) is 35.3 Å². The highest BCUT2D eigenvalue weighted by atomic mass is 35.5. The second-order valence-electron chi connectivity index (χ2n) is 5.00. The number of carboxylic acids is 1. The third-order valence-electron chi connectivity index (χ3n) is 3.54. The van der Waals surface area contributed by atoms with E-state index < -0.39 is 23.7 Å². The van der Waals surface area contributed by atoms with Gasteiger partial charge in [-0.15, -0.1) is 0 Å². The summed E-state index contributed by atoms with van der Waals surface area (Å²) in [5.74, 6) is -2.30. The first kappa shape index (κ1) is 15.8. The largest absolute Gasteiger partial charge is 0.478 e. The molecule has 1 aliphatic rings. The summed E-state index contributed by atoms with van der Waals surface area (Å²) in [6.07, 6.45) is -1.03. The molecule has 4 nitrogen and oxygen atoms in total. The van der Waals surface area contributed by atoms with Crippen molar-refractivity contribution in [3.8, 4) is 5.75 Å². The van der Waals surface area contributed by atoms with Crippen molar-refractivity contribution >= 4 is 35.0 Å². The number of hydrogen-bond acceptors (Lipinski definition) is 3. The molecule has 0 saturated heterocycles. The van der Waals surface area contributed by atoms with Gasteiger partial charge in [-0.05, 0) is 18.2 Å². The first-order valence-electron chi connectivity index (χ1n) is 6.59. The van der Waals surface area contributed by atoms with E-state index in [-0.39, 0.29) is 33.3 Å². The highest BCUT2D eigenvalue weighted by Crippen LogP contribution is 2.43. The highest BCUT2D eigenvalue weighted by molar-refractivity contribution is 6.45. The van der Waals surface area contributed by atoms with Gasteiger partial charge in [0, 0.05) is 17.5 Å². The third-order valence-corrected chi connectivity index (χ3v) is 4.39. The Hall–Kier alpha value is -2.11. The second kappa shape index (κ2) is 5.83. The van der Waals surface area contributed by atoms with Gasteiger partial charge in [0.2, 0.25) is 0 Å². The van der Waals surface area contributed by atoms with E-state index in [1.165, 1.54) is 30.3 Å².